The van der Waals surface area contributed by atoms with Crippen LogP contribution in [0, 0.1) is 6.92 Å². The van der Waals surface area contributed by atoms with Crippen LogP contribution in [0.3, 0.4) is 0 Å². The number of Topliss-reactive ketones (excluding diaryl/α,β-unsaturated/α-hetero) is 1. The van der Waals surface area contributed by atoms with Crippen LogP contribution in [0.4, 0.5) is 0 Å². The van der Waals surface area contributed by atoms with Gasteiger partial charge in [0.05, 0.1) is 0 Å². The number of nitrogens with one attached hydrogen (secondary N) is 1. The van der Waals surface area contributed by atoms with Crippen molar-refractivity contribution in [3.63, 3.8) is 0 Å². The van der Waals surface area contributed by atoms with Gasteiger partial charge in [0, 0.05) is 30.5 Å². The highest BCUT2D eigenvalue weighted by atomic mass is 35.5. The van der Waals surface area contributed by atoms with Crippen LogP contribution in [-0.4, -0.2) is 23.8 Å². The number of hydrogen-bond acceptors (Lipinski definition) is 3. The van der Waals surface area contributed by atoms with Crippen molar-refractivity contribution in [2.75, 3.05) is 6.54 Å². The molecule has 3 N–H and O–H groups in total. The smallest absolute Gasteiger partial charge is 0.220 e. The van der Waals surface area contributed by atoms with Gasteiger partial charge in [-0.25, -0.2) is 0 Å². The minimum absolute atomic E-state index is 0. The van der Waals surface area contributed by atoms with Crippen molar-refractivity contribution in [2.24, 2.45) is 5.73 Å². The third kappa shape index (κ3) is 6.17. The van der Waals surface area contributed by atoms with E-state index in [-0.39, 0.29) is 36.9 Å². The van der Waals surface area contributed by atoms with Gasteiger partial charge in [0.1, 0.15) is 0 Å². The summed E-state index contributed by atoms with van der Waals surface area (Å²) in [5.74, 6) is -0.156. The molecule has 0 unspecified atom stereocenters. The predicted molar refractivity (Wildman–Crippen MR) is 83.3 cm³/mol. The van der Waals surface area contributed by atoms with Crippen molar-refractivity contribution in [2.45, 2.75) is 39.2 Å². The molecule has 1 aromatic rings. The highest BCUT2D eigenvalue weighted by Crippen LogP contribution is 2.08. The zero-order chi connectivity index (χ0) is 14.5. The summed E-state index contributed by atoms with van der Waals surface area (Å²) in [5, 5.41) is 2.81. The quantitative estimate of drug-likeness (QED) is 0.791. The van der Waals surface area contributed by atoms with Crippen LogP contribution in [0.5, 0.6) is 0 Å². The molecule has 0 spiro atoms. The minimum Gasteiger partial charge on any atom is -0.350 e. The zero-order valence-electron chi connectivity index (χ0n) is 12.2. The van der Waals surface area contributed by atoms with Crippen molar-refractivity contribution in [1.29, 1.82) is 0 Å². The molecule has 112 valence electrons. The number of aryl methyl sites for hydroxylation is 1. The normalized spacial score (nSPS) is 10.6. The molecule has 20 heavy (non-hydrogen) atoms. The first-order chi connectivity index (χ1) is 8.84. The largest absolute Gasteiger partial charge is 0.350 e. The number of carbonyl (C=O) groups is 2. The fourth-order valence-electron chi connectivity index (χ4n) is 1.60. The monoisotopic (exact) mass is 298 g/mol. The molecule has 0 aliphatic heterocycles. The SMILES string of the molecule is Cc1ccc(C(=O)CCC(=O)NC(C)(C)CN)cc1.Cl. The van der Waals surface area contributed by atoms with Gasteiger partial charge < -0.3 is 11.1 Å². The summed E-state index contributed by atoms with van der Waals surface area (Å²) in [6, 6.07) is 7.37. The summed E-state index contributed by atoms with van der Waals surface area (Å²) in [6.07, 6.45) is 0.408. The average molecular weight is 299 g/mol. The maximum absolute atomic E-state index is 11.9. The number of rotatable bonds is 6. The number of hydrogen-bond donors (Lipinski definition) is 2. The molecular formula is C15H23ClN2O2. The molecule has 0 heterocycles. The van der Waals surface area contributed by atoms with E-state index in [2.05, 4.69) is 5.32 Å². The highest BCUT2D eigenvalue weighted by Gasteiger charge is 2.18. The molecule has 0 bridgehead atoms. The highest BCUT2D eigenvalue weighted by molar-refractivity contribution is 5.98. The lowest BCUT2D eigenvalue weighted by atomic mass is 10.0. The molecule has 0 saturated carbocycles. The van der Waals surface area contributed by atoms with Crippen molar-refractivity contribution < 1.29 is 9.59 Å². The molecule has 0 aromatic heterocycles. The Morgan fingerprint density at radius 2 is 1.70 bits per heavy atom. The summed E-state index contributed by atoms with van der Waals surface area (Å²) < 4.78 is 0. The van der Waals surface area contributed by atoms with Gasteiger partial charge in [-0.05, 0) is 20.8 Å². The zero-order valence-corrected chi connectivity index (χ0v) is 13.0. The van der Waals surface area contributed by atoms with E-state index in [1.807, 2.05) is 32.9 Å². The van der Waals surface area contributed by atoms with E-state index in [4.69, 9.17) is 5.73 Å². The second kappa shape index (κ2) is 8.02. The first kappa shape index (κ1) is 18.6. The van der Waals surface area contributed by atoms with Gasteiger partial charge in [-0.1, -0.05) is 29.8 Å². The van der Waals surface area contributed by atoms with Gasteiger partial charge in [-0.2, -0.15) is 0 Å². The van der Waals surface area contributed by atoms with Gasteiger partial charge >= 0.3 is 0 Å². The number of amides is 1. The summed E-state index contributed by atoms with van der Waals surface area (Å²) in [7, 11) is 0. The van der Waals surface area contributed by atoms with Crippen LogP contribution in [-0.2, 0) is 4.79 Å². The second-order valence-electron chi connectivity index (χ2n) is 5.43. The first-order valence-corrected chi connectivity index (χ1v) is 6.45. The average Bonchev–Trinajstić information content (AvgIpc) is 2.36. The molecule has 1 amide bonds. The maximum atomic E-state index is 11.9. The van der Waals surface area contributed by atoms with E-state index in [0.717, 1.165) is 5.56 Å². The molecule has 0 aliphatic carbocycles. The third-order valence-corrected chi connectivity index (χ3v) is 2.94. The molecule has 0 aliphatic rings. The second-order valence-corrected chi connectivity index (χ2v) is 5.43. The van der Waals surface area contributed by atoms with Crippen molar-refractivity contribution in [1.82, 2.24) is 5.32 Å². The van der Waals surface area contributed by atoms with Crippen molar-refractivity contribution in [3.05, 3.63) is 35.4 Å². The first-order valence-electron chi connectivity index (χ1n) is 6.45. The van der Waals surface area contributed by atoms with Crippen LogP contribution in [0.25, 0.3) is 0 Å². The lowest BCUT2D eigenvalue weighted by molar-refractivity contribution is -0.122. The lowest BCUT2D eigenvalue weighted by Gasteiger charge is -2.24. The Hall–Kier alpha value is -1.39. The lowest BCUT2D eigenvalue weighted by Crippen LogP contribution is -2.48. The fourth-order valence-corrected chi connectivity index (χ4v) is 1.60. The fraction of sp³-hybridized carbons (Fsp3) is 0.467. The Labute approximate surface area is 126 Å². The Kier molecular flexibility index (Phi) is 7.46. The predicted octanol–water partition coefficient (Wildman–Crippen LogP) is 2.23. The molecule has 0 radical (unpaired) electrons. The number of carbonyl (C=O) groups excluding carboxylic acids is 2. The Morgan fingerprint density at radius 1 is 1.15 bits per heavy atom. The van der Waals surface area contributed by atoms with Gasteiger partial charge in [-0.15, -0.1) is 12.4 Å². The van der Waals surface area contributed by atoms with Gasteiger partial charge in [0.2, 0.25) is 5.91 Å². The number of benzene rings is 1. The number of nitrogens with two attached hydrogens (primary N) is 1. The number of ketones is 1. The minimum atomic E-state index is -0.427. The summed E-state index contributed by atoms with van der Waals surface area (Å²) in [5.41, 5.74) is 6.87. The molecule has 4 nitrogen and oxygen atoms in total. The topological polar surface area (TPSA) is 72.2 Å². The van der Waals surface area contributed by atoms with E-state index >= 15 is 0 Å². The van der Waals surface area contributed by atoms with E-state index < -0.39 is 5.54 Å². The maximum Gasteiger partial charge on any atom is 0.220 e. The third-order valence-electron chi connectivity index (χ3n) is 2.94. The Bertz CT molecular complexity index is 455. The molecule has 1 rings (SSSR count). The van der Waals surface area contributed by atoms with Crippen LogP contribution in [0.2, 0.25) is 0 Å². The van der Waals surface area contributed by atoms with E-state index in [9.17, 15) is 9.59 Å². The van der Waals surface area contributed by atoms with Crippen molar-refractivity contribution in [3.8, 4) is 0 Å². The molecule has 0 fully saturated rings. The molecular weight excluding hydrogens is 276 g/mol. The van der Waals surface area contributed by atoms with Gasteiger partial charge in [-0.3, -0.25) is 9.59 Å². The van der Waals surface area contributed by atoms with Crippen LogP contribution < -0.4 is 11.1 Å². The Balaban J connectivity index is 0.00000361. The van der Waals surface area contributed by atoms with E-state index in [1.54, 1.807) is 12.1 Å². The number of halogens is 1. The van der Waals surface area contributed by atoms with Crippen LogP contribution in [0.15, 0.2) is 24.3 Å². The van der Waals surface area contributed by atoms with Crippen LogP contribution in [0.1, 0.15) is 42.6 Å². The standard InChI is InChI=1S/C15H22N2O2.ClH/c1-11-4-6-12(7-5-11)13(18)8-9-14(19)17-15(2,3)10-16;/h4-7H,8-10,16H2,1-3H3,(H,17,19);1H. The Morgan fingerprint density at radius 3 is 2.20 bits per heavy atom. The molecule has 1 aromatic carbocycles. The van der Waals surface area contributed by atoms with Gasteiger partial charge in [0.15, 0.2) is 5.78 Å². The van der Waals surface area contributed by atoms with Gasteiger partial charge in [0.25, 0.3) is 0 Å². The molecule has 0 atom stereocenters. The van der Waals surface area contributed by atoms with E-state index in [0.29, 0.717) is 12.1 Å². The summed E-state index contributed by atoms with van der Waals surface area (Å²) in [6.45, 7) is 6.04. The molecule has 5 heteroatoms. The van der Waals surface area contributed by atoms with E-state index in [1.165, 1.54) is 0 Å². The van der Waals surface area contributed by atoms with Crippen LogP contribution >= 0.6 is 12.4 Å². The molecule has 0 saturated heterocycles. The summed E-state index contributed by atoms with van der Waals surface area (Å²) in [4.78, 5) is 23.6. The van der Waals surface area contributed by atoms with Crippen molar-refractivity contribution >= 4 is 24.1 Å². The summed E-state index contributed by atoms with van der Waals surface area (Å²) >= 11 is 0.